The first-order valence-corrected chi connectivity index (χ1v) is 9.00. The average molecular weight is 380 g/mol. The van der Waals surface area contributed by atoms with E-state index in [2.05, 4.69) is 10.3 Å². The maximum atomic E-state index is 12.8. The van der Waals surface area contributed by atoms with E-state index >= 15 is 0 Å². The first-order valence-electron chi connectivity index (χ1n) is 9.00. The van der Waals surface area contributed by atoms with Crippen LogP contribution in [0.1, 0.15) is 22.3 Å². The average Bonchev–Trinajstić information content (AvgIpc) is 2.74. The highest BCUT2D eigenvalue weighted by Gasteiger charge is 2.07. The summed E-state index contributed by atoms with van der Waals surface area (Å²) >= 11 is 0. The molecule has 3 rings (SSSR count). The molecule has 5 nitrogen and oxygen atoms in total. The number of aromatic nitrogens is 1. The Balaban J connectivity index is 1.40. The van der Waals surface area contributed by atoms with Crippen LogP contribution >= 0.6 is 0 Å². The Kier molecular flexibility index (Phi) is 6.95. The number of carbonyl (C=O) groups excluding carboxylic acids is 1. The number of hydrogen-bond donors (Lipinski definition) is 1. The van der Waals surface area contributed by atoms with E-state index in [1.54, 1.807) is 30.5 Å². The van der Waals surface area contributed by atoms with Gasteiger partial charge in [-0.15, -0.1) is 0 Å². The van der Waals surface area contributed by atoms with E-state index in [0.29, 0.717) is 43.4 Å². The van der Waals surface area contributed by atoms with Gasteiger partial charge in [-0.05, 0) is 42.3 Å². The maximum Gasteiger partial charge on any atom is 0.251 e. The number of benzene rings is 2. The Hall–Kier alpha value is -3.41. The Morgan fingerprint density at radius 2 is 1.79 bits per heavy atom. The maximum absolute atomic E-state index is 12.8. The van der Waals surface area contributed by atoms with Gasteiger partial charge in [0.1, 0.15) is 18.2 Å². The van der Waals surface area contributed by atoms with Crippen molar-refractivity contribution in [3.05, 3.63) is 89.9 Å². The molecule has 1 N–H and O–H groups in total. The number of nitrogens with zero attached hydrogens (tertiary/aromatic N) is 1. The second-order valence-electron chi connectivity index (χ2n) is 6.07. The van der Waals surface area contributed by atoms with Gasteiger partial charge in [0.15, 0.2) is 0 Å². The molecule has 0 atom stereocenters. The van der Waals surface area contributed by atoms with Crippen LogP contribution in [0, 0.1) is 5.82 Å². The Bertz CT molecular complexity index is 886. The van der Waals surface area contributed by atoms with Crippen molar-refractivity contribution < 1.29 is 18.7 Å². The van der Waals surface area contributed by atoms with Gasteiger partial charge in [-0.25, -0.2) is 9.37 Å². The summed E-state index contributed by atoms with van der Waals surface area (Å²) in [6, 6.07) is 18.8. The second-order valence-corrected chi connectivity index (χ2v) is 6.07. The third-order valence-electron chi connectivity index (χ3n) is 3.92. The summed E-state index contributed by atoms with van der Waals surface area (Å²) in [7, 11) is 0. The molecule has 28 heavy (non-hydrogen) atoms. The van der Waals surface area contributed by atoms with Gasteiger partial charge >= 0.3 is 0 Å². The molecule has 6 heteroatoms. The van der Waals surface area contributed by atoms with Crippen LogP contribution in [0.4, 0.5) is 4.39 Å². The minimum Gasteiger partial charge on any atom is -0.494 e. The molecule has 0 aliphatic heterocycles. The molecule has 0 bridgehead atoms. The summed E-state index contributed by atoms with van der Waals surface area (Å²) in [6.45, 7) is 1.27. The van der Waals surface area contributed by atoms with Gasteiger partial charge in [0.25, 0.3) is 5.91 Å². The molecule has 0 unspecified atom stereocenters. The molecule has 0 spiro atoms. The number of pyridine rings is 1. The Morgan fingerprint density at radius 3 is 2.57 bits per heavy atom. The lowest BCUT2D eigenvalue weighted by Gasteiger charge is -2.09. The van der Waals surface area contributed by atoms with Crippen molar-refractivity contribution in [2.24, 2.45) is 0 Å². The summed E-state index contributed by atoms with van der Waals surface area (Å²) in [5, 5.41) is 2.83. The molecule has 144 valence electrons. The minimum atomic E-state index is -0.302. The summed E-state index contributed by atoms with van der Waals surface area (Å²) in [5.41, 5.74) is 1.51. The van der Waals surface area contributed by atoms with E-state index < -0.39 is 0 Å². The molecule has 2 aromatic carbocycles. The smallest absolute Gasteiger partial charge is 0.251 e. The molecule has 1 aromatic heterocycles. The first kappa shape index (κ1) is 19.4. The van der Waals surface area contributed by atoms with Gasteiger partial charge in [-0.1, -0.05) is 30.3 Å². The van der Waals surface area contributed by atoms with E-state index in [9.17, 15) is 9.18 Å². The number of ether oxygens (including phenoxy) is 2. The summed E-state index contributed by atoms with van der Waals surface area (Å²) in [6.07, 6.45) is 2.18. The van der Waals surface area contributed by atoms with E-state index in [1.807, 2.05) is 30.3 Å². The van der Waals surface area contributed by atoms with Gasteiger partial charge in [0.2, 0.25) is 5.88 Å². The highest BCUT2D eigenvalue weighted by atomic mass is 19.1. The number of carbonyl (C=O) groups is 1. The predicted molar refractivity (Wildman–Crippen MR) is 104 cm³/mol. The van der Waals surface area contributed by atoms with E-state index in [-0.39, 0.29) is 11.7 Å². The summed E-state index contributed by atoms with van der Waals surface area (Å²) < 4.78 is 24.0. The summed E-state index contributed by atoms with van der Waals surface area (Å²) in [5.74, 6) is 0.496. The third kappa shape index (κ3) is 6.09. The largest absolute Gasteiger partial charge is 0.494 e. The predicted octanol–water partition coefficient (Wildman–Crippen LogP) is 4.00. The molecule has 1 amide bonds. The molecular weight excluding hydrogens is 359 g/mol. The lowest BCUT2D eigenvalue weighted by Crippen LogP contribution is -2.25. The monoisotopic (exact) mass is 380 g/mol. The Labute approximate surface area is 163 Å². The van der Waals surface area contributed by atoms with Crippen molar-refractivity contribution in [1.82, 2.24) is 10.3 Å². The van der Waals surface area contributed by atoms with Crippen LogP contribution in [0.3, 0.4) is 0 Å². The molecule has 0 aliphatic rings. The van der Waals surface area contributed by atoms with Crippen molar-refractivity contribution in [2.75, 3.05) is 13.2 Å². The third-order valence-corrected chi connectivity index (χ3v) is 3.92. The highest BCUT2D eigenvalue weighted by Crippen LogP contribution is 2.13. The Morgan fingerprint density at radius 1 is 1.00 bits per heavy atom. The van der Waals surface area contributed by atoms with Crippen LogP contribution in [-0.4, -0.2) is 24.0 Å². The molecule has 3 aromatic rings. The molecular formula is C22H21FN2O3. The normalized spacial score (nSPS) is 10.3. The number of amides is 1. The lowest BCUT2D eigenvalue weighted by atomic mass is 10.2. The van der Waals surface area contributed by atoms with Crippen LogP contribution in [-0.2, 0) is 6.61 Å². The number of rotatable bonds is 9. The van der Waals surface area contributed by atoms with Crippen molar-refractivity contribution in [1.29, 1.82) is 0 Å². The fourth-order valence-electron chi connectivity index (χ4n) is 2.46. The van der Waals surface area contributed by atoms with Crippen molar-refractivity contribution in [3.8, 4) is 11.6 Å². The lowest BCUT2D eigenvalue weighted by molar-refractivity contribution is 0.0951. The zero-order valence-corrected chi connectivity index (χ0v) is 15.3. The fraction of sp³-hybridized carbons (Fsp3) is 0.182. The number of nitrogens with one attached hydrogen (secondary N) is 1. The molecule has 0 saturated heterocycles. The van der Waals surface area contributed by atoms with Gasteiger partial charge in [-0.3, -0.25) is 4.79 Å². The standard InChI is InChI=1S/C22H21FN2O3/c23-19-7-9-20(10-8-19)27-14-4-12-25-22(26)18-11-13-24-21(15-18)28-16-17-5-2-1-3-6-17/h1-3,5-11,13,15H,4,12,14,16H2,(H,25,26). The quantitative estimate of drug-likeness (QED) is 0.570. The minimum absolute atomic E-state index is 0.200. The van der Waals surface area contributed by atoms with Gasteiger partial charge in [0, 0.05) is 24.4 Å². The zero-order chi connectivity index (χ0) is 19.6. The van der Waals surface area contributed by atoms with Gasteiger partial charge in [-0.2, -0.15) is 0 Å². The molecule has 1 heterocycles. The number of halogens is 1. The summed E-state index contributed by atoms with van der Waals surface area (Å²) in [4.78, 5) is 16.4. The van der Waals surface area contributed by atoms with E-state index in [0.717, 1.165) is 5.56 Å². The van der Waals surface area contributed by atoms with E-state index in [4.69, 9.17) is 9.47 Å². The topological polar surface area (TPSA) is 60.5 Å². The highest BCUT2D eigenvalue weighted by molar-refractivity contribution is 5.94. The second kappa shape index (κ2) is 10.1. The van der Waals surface area contributed by atoms with Gasteiger partial charge < -0.3 is 14.8 Å². The van der Waals surface area contributed by atoms with E-state index in [1.165, 1.54) is 12.1 Å². The molecule has 0 aliphatic carbocycles. The van der Waals surface area contributed by atoms with Crippen LogP contribution < -0.4 is 14.8 Å². The van der Waals surface area contributed by atoms with Crippen LogP contribution in [0.15, 0.2) is 72.9 Å². The van der Waals surface area contributed by atoms with Crippen molar-refractivity contribution in [3.63, 3.8) is 0 Å². The van der Waals surface area contributed by atoms with Crippen LogP contribution in [0.2, 0.25) is 0 Å². The van der Waals surface area contributed by atoms with Crippen LogP contribution in [0.25, 0.3) is 0 Å². The first-order chi connectivity index (χ1) is 13.7. The number of hydrogen-bond acceptors (Lipinski definition) is 4. The SMILES string of the molecule is O=C(NCCCOc1ccc(F)cc1)c1ccnc(OCc2ccccc2)c1. The van der Waals surface area contributed by atoms with Gasteiger partial charge in [0.05, 0.1) is 6.61 Å². The molecule has 0 saturated carbocycles. The van der Waals surface area contributed by atoms with Crippen molar-refractivity contribution in [2.45, 2.75) is 13.0 Å². The molecule has 0 fully saturated rings. The van der Waals surface area contributed by atoms with Crippen LogP contribution in [0.5, 0.6) is 11.6 Å². The molecule has 0 radical (unpaired) electrons. The fourth-order valence-corrected chi connectivity index (χ4v) is 2.46. The zero-order valence-electron chi connectivity index (χ0n) is 15.3. The van der Waals surface area contributed by atoms with Crippen molar-refractivity contribution >= 4 is 5.91 Å².